The first-order chi connectivity index (χ1) is 14.7. The molecule has 1 atom stereocenters. The minimum atomic E-state index is -0.267. The molecule has 5 rings (SSSR count). The second-order valence-corrected chi connectivity index (χ2v) is 7.27. The van der Waals surface area contributed by atoms with Gasteiger partial charge in [-0.1, -0.05) is 60.7 Å². The van der Waals surface area contributed by atoms with Gasteiger partial charge in [-0.05, 0) is 31.2 Å². The van der Waals surface area contributed by atoms with E-state index in [4.69, 9.17) is 4.98 Å². The Labute approximate surface area is 173 Å². The molecule has 30 heavy (non-hydrogen) atoms. The fraction of sp³-hybridized carbons (Fsp3) is 0.0800. The summed E-state index contributed by atoms with van der Waals surface area (Å²) in [5.74, 6) is 0.574. The Morgan fingerprint density at radius 1 is 0.867 bits per heavy atom. The van der Waals surface area contributed by atoms with Crippen molar-refractivity contribution < 1.29 is 4.79 Å². The van der Waals surface area contributed by atoms with Crippen LogP contribution in [0.25, 0.3) is 33.2 Å². The van der Waals surface area contributed by atoms with E-state index in [1.54, 1.807) is 0 Å². The van der Waals surface area contributed by atoms with E-state index in [9.17, 15) is 4.79 Å². The van der Waals surface area contributed by atoms with Gasteiger partial charge in [0.25, 0.3) is 5.91 Å². The summed E-state index contributed by atoms with van der Waals surface area (Å²) in [5.41, 5.74) is 4.98. The van der Waals surface area contributed by atoms with Crippen LogP contribution in [0.3, 0.4) is 0 Å². The van der Waals surface area contributed by atoms with E-state index in [0.717, 1.165) is 39.0 Å². The van der Waals surface area contributed by atoms with Crippen LogP contribution in [-0.2, 0) is 0 Å². The zero-order chi connectivity index (χ0) is 20.5. The number of pyridine rings is 1. The van der Waals surface area contributed by atoms with Gasteiger partial charge < -0.3 is 10.3 Å². The van der Waals surface area contributed by atoms with E-state index in [1.165, 1.54) is 0 Å². The second-order valence-electron chi connectivity index (χ2n) is 7.27. The summed E-state index contributed by atoms with van der Waals surface area (Å²) in [7, 11) is 0. The number of rotatable bonds is 4. The van der Waals surface area contributed by atoms with E-state index in [-0.39, 0.29) is 11.9 Å². The highest BCUT2D eigenvalue weighted by atomic mass is 16.1. The molecule has 146 valence electrons. The zero-order valence-electron chi connectivity index (χ0n) is 16.5. The number of H-pyrrole nitrogens is 1. The molecule has 0 bridgehead atoms. The molecule has 5 nitrogen and oxygen atoms in total. The molecule has 0 radical (unpaired) electrons. The van der Waals surface area contributed by atoms with Crippen LogP contribution < -0.4 is 5.32 Å². The van der Waals surface area contributed by atoms with Crippen molar-refractivity contribution in [1.82, 2.24) is 20.3 Å². The first kappa shape index (κ1) is 18.1. The predicted molar refractivity (Wildman–Crippen MR) is 119 cm³/mol. The van der Waals surface area contributed by atoms with Crippen molar-refractivity contribution in [3.63, 3.8) is 0 Å². The van der Waals surface area contributed by atoms with Gasteiger partial charge in [-0.25, -0.2) is 9.97 Å². The number of imidazole rings is 1. The lowest BCUT2D eigenvalue weighted by molar-refractivity contribution is 0.0940. The molecule has 2 N–H and O–H groups in total. The smallest absolute Gasteiger partial charge is 0.252 e. The quantitative estimate of drug-likeness (QED) is 0.438. The molecular formula is C25H20N4O. The minimum absolute atomic E-state index is 0.154. The Hall–Kier alpha value is -3.99. The topological polar surface area (TPSA) is 70.7 Å². The van der Waals surface area contributed by atoms with Crippen LogP contribution in [0, 0.1) is 0 Å². The number of carbonyl (C=O) groups is 1. The number of fused-ring (bicyclic) bond motifs is 2. The maximum Gasteiger partial charge on any atom is 0.252 e. The third-order valence-electron chi connectivity index (χ3n) is 5.20. The number of aromatic nitrogens is 3. The fourth-order valence-corrected chi connectivity index (χ4v) is 3.64. The maximum absolute atomic E-state index is 13.3. The van der Waals surface area contributed by atoms with Gasteiger partial charge in [0.05, 0.1) is 33.8 Å². The molecule has 5 heteroatoms. The van der Waals surface area contributed by atoms with Crippen molar-refractivity contribution >= 4 is 27.8 Å². The van der Waals surface area contributed by atoms with E-state index < -0.39 is 0 Å². The molecule has 2 heterocycles. The van der Waals surface area contributed by atoms with Gasteiger partial charge in [0.1, 0.15) is 5.82 Å². The van der Waals surface area contributed by atoms with Gasteiger partial charge in [0.15, 0.2) is 0 Å². The van der Waals surface area contributed by atoms with E-state index in [0.29, 0.717) is 5.56 Å². The summed E-state index contributed by atoms with van der Waals surface area (Å²) in [5, 5.41) is 3.91. The molecule has 0 saturated heterocycles. The first-order valence-corrected chi connectivity index (χ1v) is 9.90. The molecule has 5 aromatic rings. The molecule has 0 spiro atoms. The molecule has 0 aliphatic heterocycles. The zero-order valence-corrected chi connectivity index (χ0v) is 16.5. The number of para-hydroxylation sites is 3. The van der Waals surface area contributed by atoms with Crippen LogP contribution in [0.15, 0.2) is 84.9 Å². The first-order valence-electron chi connectivity index (χ1n) is 9.90. The highest BCUT2D eigenvalue weighted by molar-refractivity contribution is 6.07. The Morgan fingerprint density at radius 2 is 1.57 bits per heavy atom. The van der Waals surface area contributed by atoms with Crippen LogP contribution in [0.5, 0.6) is 0 Å². The van der Waals surface area contributed by atoms with Gasteiger partial charge >= 0.3 is 0 Å². The number of carbonyl (C=O) groups excluding carboxylic acids is 1. The molecule has 0 aliphatic carbocycles. The van der Waals surface area contributed by atoms with Crippen molar-refractivity contribution in [3.05, 3.63) is 96.3 Å². The summed E-state index contributed by atoms with van der Waals surface area (Å²) >= 11 is 0. The van der Waals surface area contributed by atoms with Crippen LogP contribution >= 0.6 is 0 Å². The van der Waals surface area contributed by atoms with Gasteiger partial charge in [0.2, 0.25) is 0 Å². The third-order valence-corrected chi connectivity index (χ3v) is 5.20. The molecule has 0 aliphatic rings. The van der Waals surface area contributed by atoms with Crippen molar-refractivity contribution in [2.24, 2.45) is 0 Å². The Morgan fingerprint density at radius 3 is 2.37 bits per heavy atom. The summed E-state index contributed by atoms with van der Waals surface area (Å²) in [6.45, 7) is 1.93. The molecule has 2 aromatic heterocycles. The maximum atomic E-state index is 13.3. The number of hydrogen-bond acceptors (Lipinski definition) is 3. The van der Waals surface area contributed by atoms with E-state index >= 15 is 0 Å². The molecule has 3 aromatic carbocycles. The number of benzene rings is 3. The standard InChI is InChI=1S/C25H20N4O/c1-16(24-28-21-13-7-8-14-22(21)29-24)26-25(30)19-15-23(17-9-3-2-4-10-17)27-20-12-6-5-11-18(19)20/h2-16H,1H3,(H,26,30)(H,28,29). The summed E-state index contributed by atoms with van der Waals surface area (Å²) in [6.07, 6.45) is 0. The molecule has 0 fully saturated rings. The monoisotopic (exact) mass is 392 g/mol. The average molecular weight is 392 g/mol. The molecule has 1 unspecified atom stereocenters. The van der Waals surface area contributed by atoms with Gasteiger partial charge in [-0.2, -0.15) is 0 Å². The largest absolute Gasteiger partial charge is 0.342 e. The fourth-order valence-electron chi connectivity index (χ4n) is 3.64. The van der Waals surface area contributed by atoms with Crippen LogP contribution in [0.2, 0.25) is 0 Å². The number of nitrogens with zero attached hydrogens (tertiary/aromatic N) is 2. The van der Waals surface area contributed by atoms with Crippen molar-refractivity contribution in [2.45, 2.75) is 13.0 Å². The van der Waals surface area contributed by atoms with Crippen molar-refractivity contribution in [2.75, 3.05) is 0 Å². The van der Waals surface area contributed by atoms with Gasteiger partial charge in [-0.3, -0.25) is 4.79 Å². The average Bonchev–Trinajstić information content (AvgIpc) is 3.23. The lowest BCUT2D eigenvalue weighted by Gasteiger charge is -2.14. The molecule has 0 saturated carbocycles. The second kappa shape index (κ2) is 7.44. The minimum Gasteiger partial charge on any atom is -0.342 e. The van der Waals surface area contributed by atoms with Crippen molar-refractivity contribution in [3.8, 4) is 11.3 Å². The predicted octanol–water partition coefficient (Wildman–Crippen LogP) is 5.27. The number of hydrogen-bond donors (Lipinski definition) is 2. The highest BCUT2D eigenvalue weighted by Crippen LogP contribution is 2.25. The van der Waals surface area contributed by atoms with Crippen LogP contribution in [-0.4, -0.2) is 20.9 Å². The normalized spacial score (nSPS) is 12.2. The summed E-state index contributed by atoms with van der Waals surface area (Å²) in [6, 6.07) is 27.0. The van der Waals surface area contributed by atoms with Gasteiger partial charge in [-0.15, -0.1) is 0 Å². The van der Waals surface area contributed by atoms with Crippen molar-refractivity contribution in [1.29, 1.82) is 0 Å². The number of nitrogens with one attached hydrogen (secondary N) is 2. The summed E-state index contributed by atoms with van der Waals surface area (Å²) < 4.78 is 0. The lowest BCUT2D eigenvalue weighted by Crippen LogP contribution is -2.27. The van der Waals surface area contributed by atoms with E-state index in [1.807, 2.05) is 91.9 Å². The Bertz CT molecular complexity index is 1320. The SMILES string of the molecule is CC(NC(=O)c1cc(-c2ccccc2)nc2ccccc12)c1nc2ccccc2[nH]1. The molecule has 1 amide bonds. The molecular weight excluding hydrogens is 372 g/mol. The Kier molecular flexibility index (Phi) is 4.48. The summed E-state index contributed by atoms with van der Waals surface area (Å²) in [4.78, 5) is 25.9. The van der Waals surface area contributed by atoms with Gasteiger partial charge in [0, 0.05) is 10.9 Å². The van der Waals surface area contributed by atoms with Crippen LogP contribution in [0.4, 0.5) is 0 Å². The van der Waals surface area contributed by atoms with Crippen LogP contribution in [0.1, 0.15) is 29.1 Å². The third kappa shape index (κ3) is 3.31. The Balaban J connectivity index is 1.52. The lowest BCUT2D eigenvalue weighted by atomic mass is 10.0. The highest BCUT2D eigenvalue weighted by Gasteiger charge is 2.18. The number of aromatic amines is 1. The number of amides is 1. The van der Waals surface area contributed by atoms with E-state index in [2.05, 4.69) is 15.3 Å².